The number of nitrogens with zero attached hydrogens (tertiary/aromatic N) is 2. The third-order valence-corrected chi connectivity index (χ3v) is 4.35. The Balaban J connectivity index is 1.50. The van der Waals surface area contributed by atoms with E-state index in [2.05, 4.69) is 36.2 Å². The van der Waals surface area contributed by atoms with Crippen molar-refractivity contribution in [1.29, 1.82) is 0 Å². The van der Waals surface area contributed by atoms with Gasteiger partial charge in [0.2, 0.25) is 11.7 Å². The molecule has 3 aromatic rings. The highest BCUT2D eigenvalue weighted by Crippen LogP contribution is 2.22. The van der Waals surface area contributed by atoms with Crippen LogP contribution in [-0.2, 0) is 18.6 Å². The first-order chi connectivity index (χ1) is 13.8. The molecule has 1 heterocycles. The van der Waals surface area contributed by atoms with E-state index in [0.29, 0.717) is 23.0 Å². The predicted molar refractivity (Wildman–Crippen MR) is 108 cm³/mol. The fourth-order valence-corrected chi connectivity index (χ4v) is 2.62. The van der Waals surface area contributed by atoms with Crippen LogP contribution >= 0.6 is 0 Å². The second-order valence-corrected chi connectivity index (χ2v) is 7.58. The van der Waals surface area contributed by atoms with Crippen LogP contribution in [0.4, 0.5) is 0 Å². The van der Waals surface area contributed by atoms with Crippen LogP contribution in [0, 0.1) is 0 Å². The normalized spacial score (nSPS) is 11.2. The van der Waals surface area contributed by atoms with E-state index in [1.807, 2.05) is 24.3 Å². The van der Waals surface area contributed by atoms with Crippen molar-refractivity contribution in [3.63, 3.8) is 0 Å². The summed E-state index contributed by atoms with van der Waals surface area (Å²) in [5.74, 6) is 1.95. The van der Waals surface area contributed by atoms with E-state index in [9.17, 15) is 4.79 Å². The summed E-state index contributed by atoms with van der Waals surface area (Å²) >= 11 is 0. The lowest BCUT2D eigenvalue weighted by atomic mass is 9.87. The van der Waals surface area contributed by atoms with Gasteiger partial charge in [-0.15, -0.1) is 0 Å². The number of aromatic nitrogens is 2. The summed E-state index contributed by atoms with van der Waals surface area (Å²) in [6.45, 7) is 6.71. The maximum Gasteiger partial charge on any atom is 0.251 e. The van der Waals surface area contributed by atoms with Crippen molar-refractivity contribution in [2.45, 2.75) is 39.3 Å². The third-order valence-electron chi connectivity index (χ3n) is 4.35. The highest BCUT2D eigenvalue weighted by Gasteiger charge is 2.15. The van der Waals surface area contributed by atoms with Crippen LogP contribution in [0.25, 0.3) is 0 Å². The zero-order valence-electron chi connectivity index (χ0n) is 17.1. The summed E-state index contributed by atoms with van der Waals surface area (Å²) in [6, 6.07) is 14.8. The summed E-state index contributed by atoms with van der Waals surface area (Å²) in [6.07, 6.45) is 0. The maximum absolute atomic E-state index is 12.3. The van der Waals surface area contributed by atoms with Gasteiger partial charge in [-0.3, -0.25) is 4.79 Å². The highest BCUT2D eigenvalue weighted by molar-refractivity contribution is 5.94. The van der Waals surface area contributed by atoms with Crippen molar-refractivity contribution in [3.05, 3.63) is 71.4 Å². The molecule has 0 bridgehead atoms. The minimum Gasteiger partial charge on any atom is -0.497 e. The maximum atomic E-state index is 12.3. The summed E-state index contributed by atoms with van der Waals surface area (Å²) in [7, 11) is 1.61. The third kappa shape index (κ3) is 5.57. The van der Waals surface area contributed by atoms with Gasteiger partial charge in [0, 0.05) is 5.56 Å². The molecule has 1 N–H and O–H groups in total. The molecule has 0 atom stereocenters. The van der Waals surface area contributed by atoms with Gasteiger partial charge < -0.3 is 19.3 Å². The largest absolute Gasteiger partial charge is 0.497 e. The van der Waals surface area contributed by atoms with Gasteiger partial charge in [-0.2, -0.15) is 4.98 Å². The van der Waals surface area contributed by atoms with Gasteiger partial charge in [0.05, 0.1) is 13.7 Å². The molecule has 0 aliphatic heterocycles. The molecule has 1 amide bonds. The van der Waals surface area contributed by atoms with Gasteiger partial charge in [0.15, 0.2) is 6.61 Å². The Hall–Kier alpha value is -3.35. The average molecular weight is 395 g/mol. The fourth-order valence-electron chi connectivity index (χ4n) is 2.62. The van der Waals surface area contributed by atoms with Crippen molar-refractivity contribution < 1.29 is 18.8 Å². The lowest BCUT2D eigenvalue weighted by molar-refractivity contribution is 0.0946. The average Bonchev–Trinajstić information content (AvgIpc) is 3.18. The zero-order valence-corrected chi connectivity index (χ0v) is 17.1. The molecule has 0 saturated heterocycles. The van der Waals surface area contributed by atoms with Crippen molar-refractivity contribution in [2.24, 2.45) is 0 Å². The van der Waals surface area contributed by atoms with Crippen molar-refractivity contribution in [2.75, 3.05) is 7.11 Å². The van der Waals surface area contributed by atoms with Crippen molar-refractivity contribution >= 4 is 5.91 Å². The molecular formula is C22H25N3O4. The van der Waals surface area contributed by atoms with Crippen molar-refractivity contribution in [3.8, 4) is 11.5 Å². The molecule has 1 aromatic heterocycles. The number of carbonyl (C=O) groups is 1. The van der Waals surface area contributed by atoms with Gasteiger partial charge in [0.1, 0.15) is 11.5 Å². The first-order valence-electron chi connectivity index (χ1n) is 9.32. The van der Waals surface area contributed by atoms with Crippen LogP contribution in [0.2, 0.25) is 0 Å². The Labute approximate surface area is 170 Å². The van der Waals surface area contributed by atoms with E-state index in [0.717, 1.165) is 5.75 Å². The topological polar surface area (TPSA) is 86.5 Å². The molecular weight excluding hydrogens is 370 g/mol. The van der Waals surface area contributed by atoms with Gasteiger partial charge in [-0.05, 0) is 47.4 Å². The number of amides is 1. The van der Waals surface area contributed by atoms with Gasteiger partial charge >= 0.3 is 0 Å². The quantitative estimate of drug-likeness (QED) is 0.653. The standard InChI is InChI=1S/C22H25N3O4/c1-22(2,3)16-7-5-15(6-8-16)21(26)23-13-20-24-19(25-29-20)14-28-18-11-9-17(27-4)10-12-18/h5-12H,13-14H2,1-4H3,(H,23,26). The second kappa shape index (κ2) is 8.77. The lowest BCUT2D eigenvalue weighted by Crippen LogP contribution is -2.23. The molecule has 0 radical (unpaired) electrons. The number of benzene rings is 2. The molecule has 0 fully saturated rings. The number of ether oxygens (including phenoxy) is 2. The summed E-state index contributed by atoms with van der Waals surface area (Å²) in [5, 5.41) is 6.65. The molecule has 3 rings (SSSR count). The van der Waals surface area contributed by atoms with Crippen molar-refractivity contribution in [1.82, 2.24) is 15.5 Å². The van der Waals surface area contributed by atoms with Crippen LogP contribution < -0.4 is 14.8 Å². The van der Waals surface area contributed by atoms with Crippen LogP contribution in [-0.4, -0.2) is 23.2 Å². The number of hydrogen-bond donors (Lipinski definition) is 1. The molecule has 29 heavy (non-hydrogen) atoms. The van der Waals surface area contributed by atoms with E-state index in [4.69, 9.17) is 14.0 Å². The van der Waals surface area contributed by atoms with Gasteiger partial charge in [-0.25, -0.2) is 0 Å². The first-order valence-corrected chi connectivity index (χ1v) is 9.32. The first kappa shape index (κ1) is 20.4. The fraction of sp³-hybridized carbons (Fsp3) is 0.318. The van der Waals surface area contributed by atoms with Crippen LogP contribution in [0.1, 0.15) is 48.4 Å². The molecule has 2 aromatic carbocycles. The molecule has 7 nitrogen and oxygen atoms in total. The van der Waals surface area contributed by atoms with E-state index >= 15 is 0 Å². The second-order valence-electron chi connectivity index (χ2n) is 7.58. The Bertz CT molecular complexity index is 941. The van der Waals surface area contributed by atoms with E-state index in [-0.39, 0.29) is 24.5 Å². The molecule has 0 aliphatic carbocycles. The van der Waals surface area contributed by atoms with E-state index in [1.54, 1.807) is 31.4 Å². The Morgan fingerprint density at radius 2 is 1.69 bits per heavy atom. The van der Waals surface area contributed by atoms with Gasteiger partial charge in [-0.1, -0.05) is 38.1 Å². The Morgan fingerprint density at radius 3 is 2.31 bits per heavy atom. The minimum absolute atomic E-state index is 0.0447. The van der Waals surface area contributed by atoms with Crippen LogP contribution in [0.5, 0.6) is 11.5 Å². The Kier molecular flexibility index (Phi) is 6.16. The van der Waals surface area contributed by atoms with Crippen LogP contribution in [0.3, 0.4) is 0 Å². The zero-order chi connectivity index (χ0) is 20.9. The summed E-state index contributed by atoms with van der Waals surface area (Å²) < 4.78 is 15.9. The molecule has 0 saturated carbocycles. The smallest absolute Gasteiger partial charge is 0.251 e. The number of nitrogens with one attached hydrogen (secondary N) is 1. The number of rotatable bonds is 7. The van der Waals surface area contributed by atoms with Gasteiger partial charge in [0.25, 0.3) is 5.91 Å². The molecule has 0 unspecified atom stereocenters. The highest BCUT2D eigenvalue weighted by atomic mass is 16.5. The SMILES string of the molecule is COc1ccc(OCc2noc(CNC(=O)c3ccc(C(C)(C)C)cc3)n2)cc1. The predicted octanol–water partition coefficient (Wildman–Crippen LogP) is 3.88. The number of methoxy groups -OCH3 is 1. The summed E-state index contributed by atoms with van der Waals surface area (Å²) in [5.41, 5.74) is 1.80. The van der Waals surface area contributed by atoms with E-state index in [1.165, 1.54) is 5.56 Å². The molecule has 152 valence electrons. The van der Waals surface area contributed by atoms with E-state index < -0.39 is 0 Å². The molecule has 7 heteroatoms. The summed E-state index contributed by atoms with van der Waals surface area (Å²) in [4.78, 5) is 16.5. The number of hydrogen-bond acceptors (Lipinski definition) is 6. The van der Waals surface area contributed by atoms with Crippen LogP contribution in [0.15, 0.2) is 53.1 Å². The minimum atomic E-state index is -0.195. The monoisotopic (exact) mass is 395 g/mol. The number of carbonyl (C=O) groups excluding carboxylic acids is 1. The molecule has 0 spiro atoms. The Morgan fingerprint density at radius 1 is 1.03 bits per heavy atom. The lowest BCUT2D eigenvalue weighted by Gasteiger charge is -2.18. The molecule has 0 aliphatic rings.